The van der Waals surface area contributed by atoms with Gasteiger partial charge in [0.05, 0.1) is 0 Å². The van der Waals surface area contributed by atoms with E-state index in [1.807, 2.05) is 32.0 Å². The molecule has 1 aromatic rings. The molecule has 0 atom stereocenters. The molecular weight excluding hydrogens is 236 g/mol. The molecule has 0 unspecified atom stereocenters. The molecule has 0 fully saturated rings. The SMILES string of the molecule is CC(C)C1=C(C(=O)O)CCc2c(Cl)cccc21. The topological polar surface area (TPSA) is 37.3 Å². The number of benzene rings is 1. The molecule has 2 rings (SSSR count). The number of carboxylic acid groups (broad SMARTS) is 1. The Bertz CT molecular complexity index is 501. The van der Waals surface area contributed by atoms with Crippen LogP contribution in [0.5, 0.6) is 0 Å². The largest absolute Gasteiger partial charge is 0.478 e. The van der Waals surface area contributed by atoms with Gasteiger partial charge < -0.3 is 5.11 Å². The van der Waals surface area contributed by atoms with Crippen LogP contribution < -0.4 is 0 Å². The highest BCUT2D eigenvalue weighted by atomic mass is 35.5. The van der Waals surface area contributed by atoms with Gasteiger partial charge in [0.15, 0.2) is 0 Å². The lowest BCUT2D eigenvalue weighted by atomic mass is 9.80. The fourth-order valence-corrected chi connectivity index (χ4v) is 2.76. The highest BCUT2D eigenvalue weighted by molar-refractivity contribution is 6.31. The average molecular weight is 251 g/mol. The molecule has 1 N–H and O–H groups in total. The number of carboxylic acids is 1. The minimum absolute atomic E-state index is 0.193. The van der Waals surface area contributed by atoms with E-state index < -0.39 is 5.97 Å². The number of allylic oxidation sites excluding steroid dienone is 1. The van der Waals surface area contributed by atoms with Gasteiger partial charge in [-0.05, 0) is 41.5 Å². The van der Waals surface area contributed by atoms with E-state index in [0.717, 1.165) is 21.7 Å². The third-order valence-corrected chi connectivity index (χ3v) is 3.55. The van der Waals surface area contributed by atoms with E-state index in [-0.39, 0.29) is 5.92 Å². The van der Waals surface area contributed by atoms with Gasteiger partial charge in [-0.3, -0.25) is 0 Å². The minimum Gasteiger partial charge on any atom is -0.478 e. The molecule has 0 saturated carbocycles. The quantitative estimate of drug-likeness (QED) is 0.867. The molecule has 0 radical (unpaired) electrons. The molecule has 17 heavy (non-hydrogen) atoms. The summed E-state index contributed by atoms with van der Waals surface area (Å²) in [6, 6.07) is 5.72. The number of aliphatic carboxylic acids is 1. The first kappa shape index (κ1) is 12.2. The zero-order valence-corrected chi connectivity index (χ0v) is 10.7. The average Bonchev–Trinajstić information content (AvgIpc) is 2.27. The monoisotopic (exact) mass is 250 g/mol. The normalized spacial score (nSPS) is 15.1. The van der Waals surface area contributed by atoms with Crippen molar-refractivity contribution in [3.63, 3.8) is 0 Å². The van der Waals surface area contributed by atoms with Gasteiger partial charge in [-0.15, -0.1) is 0 Å². The lowest BCUT2D eigenvalue weighted by Gasteiger charge is -2.24. The molecule has 0 aromatic heterocycles. The summed E-state index contributed by atoms with van der Waals surface area (Å²) >= 11 is 6.17. The van der Waals surface area contributed by atoms with Crippen LogP contribution in [0.25, 0.3) is 5.57 Å². The summed E-state index contributed by atoms with van der Waals surface area (Å²) in [5, 5.41) is 10.0. The van der Waals surface area contributed by atoms with Crippen LogP contribution in [-0.2, 0) is 11.2 Å². The fourth-order valence-electron chi connectivity index (χ4n) is 2.49. The Morgan fingerprint density at radius 1 is 1.35 bits per heavy atom. The fraction of sp³-hybridized carbons (Fsp3) is 0.357. The highest BCUT2D eigenvalue weighted by Crippen LogP contribution is 2.38. The lowest BCUT2D eigenvalue weighted by molar-refractivity contribution is -0.132. The van der Waals surface area contributed by atoms with Gasteiger partial charge in [0.1, 0.15) is 0 Å². The van der Waals surface area contributed by atoms with E-state index in [4.69, 9.17) is 11.6 Å². The number of hydrogen-bond donors (Lipinski definition) is 1. The van der Waals surface area contributed by atoms with Crippen molar-refractivity contribution in [1.29, 1.82) is 0 Å². The first-order valence-electron chi connectivity index (χ1n) is 5.76. The molecule has 1 aliphatic rings. The molecule has 2 nitrogen and oxygen atoms in total. The lowest BCUT2D eigenvalue weighted by Crippen LogP contribution is -2.15. The third-order valence-electron chi connectivity index (χ3n) is 3.19. The second-order valence-electron chi connectivity index (χ2n) is 4.62. The van der Waals surface area contributed by atoms with Crippen molar-refractivity contribution in [3.8, 4) is 0 Å². The summed E-state index contributed by atoms with van der Waals surface area (Å²) in [5.74, 6) is -0.613. The molecule has 0 bridgehead atoms. The highest BCUT2D eigenvalue weighted by Gasteiger charge is 2.25. The predicted octanol–water partition coefficient (Wildman–Crippen LogP) is 3.78. The summed E-state index contributed by atoms with van der Waals surface area (Å²) < 4.78 is 0. The first-order valence-corrected chi connectivity index (χ1v) is 6.14. The Morgan fingerprint density at radius 3 is 2.65 bits per heavy atom. The molecule has 1 aliphatic carbocycles. The van der Waals surface area contributed by atoms with Crippen LogP contribution in [0.2, 0.25) is 5.02 Å². The van der Waals surface area contributed by atoms with Gasteiger partial charge in [0.25, 0.3) is 0 Å². The van der Waals surface area contributed by atoms with Gasteiger partial charge in [0.2, 0.25) is 0 Å². The van der Waals surface area contributed by atoms with E-state index in [1.54, 1.807) is 0 Å². The van der Waals surface area contributed by atoms with E-state index in [0.29, 0.717) is 18.4 Å². The van der Waals surface area contributed by atoms with E-state index in [9.17, 15) is 9.90 Å². The summed E-state index contributed by atoms with van der Waals surface area (Å²) in [7, 11) is 0. The molecule has 1 aromatic carbocycles. The zero-order valence-electron chi connectivity index (χ0n) is 9.96. The molecule has 0 spiro atoms. The number of halogens is 1. The van der Waals surface area contributed by atoms with E-state index in [1.165, 1.54) is 0 Å². The van der Waals surface area contributed by atoms with Crippen LogP contribution in [0.15, 0.2) is 23.8 Å². The Balaban J connectivity index is 2.68. The number of carbonyl (C=O) groups is 1. The standard InChI is InChI=1S/C14H15ClO2/c1-8(2)13-10-4-3-5-12(15)9(10)6-7-11(13)14(16)17/h3-5,8H,6-7H2,1-2H3,(H,16,17). The van der Waals surface area contributed by atoms with Crippen LogP contribution in [-0.4, -0.2) is 11.1 Å². The van der Waals surface area contributed by atoms with Gasteiger partial charge >= 0.3 is 5.97 Å². The predicted molar refractivity (Wildman–Crippen MR) is 69.2 cm³/mol. The van der Waals surface area contributed by atoms with Crippen molar-refractivity contribution < 1.29 is 9.90 Å². The van der Waals surface area contributed by atoms with Crippen molar-refractivity contribution in [2.24, 2.45) is 5.92 Å². The van der Waals surface area contributed by atoms with Crippen molar-refractivity contribution in [2.75, 3.05) is 0 Å². The minimum atomic E-state index is -0.806. The van der Waals surface area contributed by atoms with Crippen molar-refractivity contribution in [1.82, 2.24) is 0 Å². The van der Waals surface area contributed by atoms with E-state index in [2.05, 4.69) is 0 Å². The van der Waals surface area contributed by atoms with E-state index >= 15 is 0 Å². The molecule has 0 saturated heterocycles. The summed E-state index contributed by atoms with van der Waals surface area (Å²) in [6.07, 6.45) is 1.28. The smallest absolute Gasteiger partial charge is 0.331 e. The summed E-state index contributed by atoms with van der Waals surface area (Å²) in [5.41, 5.74) is 3.56. The molecule has 0 aliphatic heterocycles. The van der Waals surface area contributed by atoms with Crippen LogP contribution in [0, 0.1) is 5.92 Å². The Labute approximate surface area is 106 Å². The molecule has 90 valence electrons. The zero-order chi connectivity index (χ0) is 12.6. The van der Waals surface area contributed by atoms with Crippen LogP contribution in [0.4, 0.5) is 0 Å². The number of hydrogen-bond acceptors (Lipinski definition) is 1. The second kappa shape index (κ2) is 4.53. The van der Waals surface area contributed by atoms with Crippen LogP contribution in [0.1, 0.15) is 31.4 Å². The summed E-state index contributed by atoms with van der Waals surface area (Å²) in [4.78, 5) is 11.3. The molecule has 0 heterocycles. The maximum absolute atomic E-state index is 11.3. The number of rotatable bonds is 2. The third kappa shape index (κ3) is 2.09. The van der Waals surface area contributed by atoms with Crippen molar-refractivity contribution in [2.45, 2.75) is 26.7 Å². The van der Waals surface area contributed by atoms with Crippen LogP contribution >= 0.6 is 11.6 Å². The maximum atomic E-state index is 11.3. The van der Waals surface area contributed by atoms with Gasteiger partial charge in [-0.25, -0.2) is 4.79 Å². The number of fused-ring (bicyclic) bond motifs is 1. The second-order valence-corrected chi connectivity index (χ2v) is 5.03. The van der Waals surface area contributed by atoms with Crippen molar-refractivity contribution in [3.05, 3.63) is 39.9 Å². The van der Waals surface area contributed by atoms with Gasteiger partial charge in [0, 0.05) is 10.6 Å². The molecular formula is C14H15ClO2. The van der Waals surface area contributed by atoms with Gasteiger partial charge in [-0.1, -0.05) is 37.6 Å². The van der Waals surface area contributed by atoms with Crippen molar-refractivity contribution >= 4 is 23.1 Å². The Hall–Kier alpha value is -1.28. The summed E-state index contributed by atoms with van der Waals surface area (Å²) in [6.45, 7) is 4.04. The molecule has 0 amide bonds. The Morgan fingerprint density at radius 2 is 2.06 bits per heavy atom. The van der Waals surface area contributed by atoms with Crippen LogP contribution in [0.3, 0.4) is 0 Å². The Kier molecular flexibility index (Phi) is 3.25. The molecule has 3 heteroatoms. The maximum Gasteiger partial charge on any atom is 0.331 e. The first-order chi connectivity index (χ1) is 8.02. The van der Waals surface area contributed by atoms with Gasteiger partial charge in [-0.2, -0.15) is 0 Å².